The summed E-state index contributed by atoms with van der Waals surface area (Å²) in [4.78, 5) is 27.6. The summed E-state index contributed by atoms with van der Waals surface area (Å²) in [6.45, 7) is 5.09. The minimum atomic E-state index is -4.13. The van der Waals surface area contributed by atoms with E-state index in [9.17, 15) is 18.0 Å². The van der Waals surface area contributed by atoms with Gasteiger partial charge >= 0.3 is 0 Å². The van der Waals surface area contributed by atoms with E-state index in [-0.39, 0.29) is 17.3 Å². The smallest absolute Gasteiger partial charge is 0.264 e. The van der Waals surface area contributed by atoms with Gasteiger partial charge in [-0.25, -0.2) is 8.42 Å². The zero-order chi connectivity index (χ0) is 26.5. The number of nitrogens with one attached hydrogen (secondary N) is 1. The maximum Gasteiger partial charge on any atom is 0.264 e. The fourth-order valence-electron chi connectivity index (χ4n) is 3.71. The minimum Gasteiger partial charge on any atom is -0.357 e. The predicted octanol–water partition coefficient (Wildman–Crippen LogP) is 4.32. The maximum atomic E-state index is 13.7. The van der Waals surface area contributed by atoms with Crippen molar-refractivity contribution in [2.24, 2.45) is 0 Å². The highest BCUT2D eigenvalue weighted by Crippen LogP contribution is 2.27. The molecule has 7 nitrogen and oxygen atoms in total. The Balaban J connectivity index is 2.05. The fraction of sp³-hybridized carbons (Fsp3) is 0.259. The van der Waals surface area contributed by atoms with Gasteiger partial charge in [0.2, 0.25) is 11.8 Å². The lowest BCUT2D eigenvalue weighted by atomic mass is 10.1. The van der Waals surface area contributed by atoms with E-state index >= 15 is 0 Å². The molecule has 0 spiro atoms. The molecular formula is C27H30ClN3O4S. The van der Waals surface area contributed by atoms with Crippen LogP contribution in [0.25, 0.3) is 0 Å². The van der Waals surface area contributed by atoms with Gasteiger partial charge in [-0.2, -0.15) is 0 Å². The summed E-state index contributed by atoms with van der Waals surface area (Å²) in [5, 5.41) is 2.97. The fourth-order valence-corrected chi connectivity index (χ4v) is 5.25. The Morgan fingerprint density at radius 1 is 0.944 bits per heavy atom. The van der Waals surface area contributed by atoms with Gasteiger partial charge in [0.15, 0.2) is 0 Å². The number of nitrogens with zero attached hydrogens (tertiary/aromatic N) is 2. The summed E-state index contributed by atoms with van der Waals surface area (Å²) in [5.74, 6) is -0.858. The Hall–Kier alpha value is -3.36. The van der Waals surface area contributed by atoms with Gasteiger partial charge in [0.25, 0.3) is 10.0 Å². The lowest BCUT2D eigenvalue weighted by Crippen LogP contribution is -2.50. The number of carbonyl (C=O) groups excluding carboxylic acids is 2. The third-order valence-electron chi connectivity index (χ3n) is 6.07. The van der Waals surface area contributed by atoms with E-state index in [1.807, 2.05) is 50.2 Å². The molecule has 0 radical (unpaired) electrons. The SMILES string of the molecule is CNC(=O)C(C)N(Cc1ccccc1)C(=O)CN(c1ccc(C)c(C)c1)S(=O)(=O)c1ccc(Cl)cc1. The second-order valence-corrected chi connectivity index (χ2v) is 10.8. The summed E-state index contributed by atoms with van der Waals surface area (Å²) in [7, 11) is -2.63. The molecule has 0 heterocycles. The highest BCUT2D eigenvalue weighted by molar-refractivity contribution is 7.92. The van der Waals surface area contributed by atoms with Gasteiger partial charge in [0.05, 0.1) is 10.6 Å². The molecule has 0 aliphatic heterocycles. The topological polar surface area (TPSA) is 86.8 Å². The Morgan fingerprint density at radius 3 is 2.17 bits per heavy atom. The van der Waals surface area contributed by atoms with Crippen molar-refractivity contribution in [1.29, 1.82) is 0 Å². The van der Waals surface area contributed by atoms with E-state index in [0.29, 0.717) is 10.7 Å². The van der Waals surface area contributed by atoms with E-state index in [1.54, 1.807) is 19.1 Å². The number of benzene rings is 3. The molecule has 0 aromatic heterocycles. The van der Waals surface area contributed by atoms with E-state index < -0.39 is 28.5 Å². The van der Waals surface area contributed by atoms with Crippen LogP contribution in [0.2, 0.25) is 5.02 Å². The monoisotopic (exact) mass is 527 g/mol. The van der Waals surface area contributed by atoms with Crippen molar-refractivity contribution in [2.45, 2.75) is 38.3 Å². The van der Waals surface area contributed by atoms with Gasteiger partial charge in [-0.05, 0) is 73.9 Å². The highest BCUT2D eigenvalue weighted by atomic mass is 35.5. The average Bonchev–Trinajstić information content (AvgIpc) is 2.87. The van der Waals surface area contributed by atoms with Crippen LogP contribution in [0, 0.1) is 13.8 Å². The number of hydrogen-bond donors (Lipinski definition) is 1. The van der Waals surface area contributed by atoms with Gasteiger partial charge in [0.1, 0.15) is 12.6 Å². The van der Waals surface area contributed by atoms with Crippen LogP contribution in [0.4, 0.5) is 5.69 Å². The van der Waals surface area contributed by atoms with E-state index in [0.717, 1.165) is 21.0 Å². The molecule has 0 bridgehead atoms. The molecule has 0 aliphatic rings. The number of amides is 2. The second-order valence-electron chi connectivity index (χ2n) is 8.53. The lowest BCUT2D eigenvalue weighted by Gasteiger charge is -2.32. The van der Waals surface area contributed by atoms with Crippen LogP contribution < -0.4 is 9.62 Å². The van der Waals surface area contributed by atoms with Crippen molar-refractivity contribution in [1.82, 2.24) is 10.2 Å². The lowest BCUT2D eigenvalue weighted by molar-refractivity contribution is -0.139. The molecule has 1 N–H and O–H groups in total. The molecule has 2 amide bonds. The highest BCUT2D eigenvalue weighted by Gasteiger charge is 2.32. The molecule has 190 valence electrons. The van der Waals surface area contributed by atoms with Crippen molar-refractivity contribution in [3.63, 3.8) is 0 Å². The van der Waals surface area contributed by atoms with Gasteiger partial charge in [-0.3, -0.25) is 13.9 Å². The van der Waals surface area contributed by atoms with E-state index in [2.05, 4.69) is 5.32 Å². The molecule has 1 atom stereocenters. The number of hydrogen-bond acceptors (Lipinski definition) is 4. The van der Waals surface area contributed by atoms with Crippen molar-refractivity contribution in [3.8, 4) is 0 Å². The molecule has 0 saturated heterocycles. The van der Waals surface area contributed by atoms with Crippen molar-refractivity contribution in [3.05, 3.63) is 94.5 Å². The Kier molecular flexibility index (Phi) is 8.76. The van der Waals surface area contributed by atoms with E-state index in [1.165, 1.54) is 36.2 Å². The number of likely N-dealkylation sites (N-methyl/N-ethyl adjacent to an activating group) is 1. The zero-order valence-electron chi connectivity index (χ0n) is 20.7. The summed E-state index contributed by atoms with van der Waals surface area (Å²) in [6.07, 6.45) is 0. The molecule has 0 fully saturated rings. The van der Waals surface area contributed by atoms with Crippen LogP contribution in [0.5, 0.6) is 0 Å². The van der Waals surface area contributed by atoms with Crippen molar-refractivity contribution >= 4 is 39.1 Å². The van der Waals surface area contributed by atoms with Gasteiger partial charge in [-0.15, -0.1) is 0 Å². The zero-order valence-corrected chi connectivity index (χ0v) is 22.3. The van der Waals surface area contributed by atoms with Gasteiger partial charge < -0.3 is 10.2 Å². The first-order valence-corrected chi connectivity index (χ1v) is 13.3. The van der Waals surface area contributed by atoms with Crippen LogP contribution in [-0.4, -0.2) is 44.8 Å². The first-order chi connectivity index (χ1) is 17.0. The molecule has 0 aliphatic carbocycles. The Labute approximate surface area is 217 Å². The van der Waals surface area contributed by atoms with Crippen LogP contribution >= 0.6 is 11.6 Å². The van der Waals surface area contributed by atoms with Crippen LogP contribution in [-0.2, 0) is 26.2 Å². The number of anilines is 1. The molecule has 1 unspecified atom stereocenters. The van der Waals surface area contributed by atoms with Gasteiger partial charge in [-0.1, -0.05) is 48.0 Å². The van der Waals surface area contributed by atoms with Crippen molar-refractivity contribution in [2.75, 3.05) is 17.9 Å². The third-order valence-corrected chi connectivity index (χ3v) is 8.11. The number of carbonyl (C=O) groups is 2. The molecule has 9 heteroatoms. The van der Waals surface area contributed by atoms with Gasteiger partial charge in [0, 0.05) is 18.6 Å². The number of sulfonamides is 1. The second kappa shape index (κ2) is 11.6. The molecular weight excluding hydrogens is 498 g/mol. The Bertz CT molecular complexity index is 1330. The summed E-state index contributed by atoms with van der Waals surface area (Å²) < 4.78 is 28.6. The standard InChI is InChI=1S/C27H30ClN3O4S/c1-19-10-13-24(16-20(19)2)31(36(34,35)25-14-11-23(28)12-15-25)18-26(32)30(21(3)27(33)29-4)17-22-8-6-5-7-9-22/h5-16,21H,17-18H2,1-4H3,(H,29,33). The number of aryl methyl sites for hydroxylation is 2. The largest absolute Gasteiger partial charge is 0.357 e. The van der Waals surface area contributed by atoms with Crippen molar-refractivity contribution < 1.29 is 18.0 Å². The number of rotatable bonds is 9. The molecule has 36 heavy (non-hydrogen) atoms. The third kappa shape index (κ3) is 6.25. The summed E-state index contributed by atoms with van der Waals surface area (Å²) >= 11 is 5.97. The average molecular weight is 528 g/mol. The number of halogens is 1. The maximum absolute atomic E-state index is 13.7. The first-order valence-electron chi connectivity index (χ1n) is 11.4. The normalized spacial score (nSPS) is 12.0. The van der Waals surface area contributed by atoms with Crippen LogP contribution in [0.3, 0.4) is 0 Å². The van der Waals surface area contributed by atoms with E-state index in [4.69, 9.17) is 11.6 Å². The molecule has 0 saturated carbocycles. The quantitative estimate of drug-likeness (QED) is 0.449. The molecule has 3 aromatic rings. The Morgan fingerprint density at radius 2 is 1.58 bits per heavy atom. The molecule has 3 rings (SSSR count). The first kappa shape index (κ1) is 27.2. The van der Waals surface area contributed by atoms with Crippen LogP contribution in [0.1, 0.15) is 23.6 Å². The minimum absolute atomic E-state index is 0.00638. The predicted molar refractivity (Wildman–Crippen MR) is 142 cm³/mol. The summed E-state index contributed by atoms with van der Waals surface area (Å²) in [5.41, 5.74) is 3.05. The molecule has 3 aromatic carbocycles. The summed E-state index contributed by atoms with van der Waals surface area (Å²) in [6, 6.07) is 19.4. The van der Waals surface area contributed by atoms with Crippen LogP contribution in [0.15, 0.2) is 77.7 Å².